The fourth-order valence-electron chi connectivity index (χ4n) is 5.67. The van der Waals surface area contributed by atoms with Crippen molar-refractivity contribution in [2.24, 2.45) is 10.8 Å². The molecule has 0 radical (unpaired) electrons. The van der Waals surface area contributed by atoms with Gasteiger partial charge in [-0.25, -0.2) is 0 Å². The molecule has 26 heavy (non-hydrogen) atoms. The van der Waals surface area contributed by atoms with Crippen LogP contribution in [-0.2, 0) is 9.59 Å². The Morgan fingerprint density at radius 3 is 1.96 bits per heavy atom. The number of nitrogens with one attached hydrogen (secondary N) is 1. The van der Waals surface area contributed by atoms with E-state index in [1.165, 1.54) is 0 Å². The van der Waals surface area contributed by atoms with Gasteiger partial charge in [0, 0.05) is 31.5 Å². The number of hydrogen-bond donors (Lipinski definition) is 1. The van der Waals surface area contributed by atoms with Crippen molar-refractivity contribution >= 4 is 11.6 Å². The number of aryl methyl sites for hydroxylation is 2. The van der Waals surface area contributed by atoms with Crippen LogP contribution in [0, 0.1) is 36.5 Å². The van der Waals surface area contributed by atoms with E-state index in [-0.39, 0.29) is 24.4 Å². The van der Waals surface area contributed by atoms with E-state index < -0.39 is 5.92 Å². The molecule has 2 aliphatic carbocycles. The van der Waals surface area contributed by atoms with Gasteiger partial charge in [0.1, 0.15) is 17.5 Å². The van der Waals surface area contributed by atoms with E-state index in [2.05, 4.69) is 17.2 Å². The second kappa shape index (κ2) is 6.35. The molecule has 1 saturated heterocycles. The molecule has 1 aromatic carbocycles. The van der Waals surface area contributed by atoms with Gasteiger partial charge in [0.2, 0.25) is 0 Å². The molecule has 0 aromatic heterocycles. The maximum absolute atomic E-state index is 13.0. The van der Waals surface area contributed by atoms with Crippen LogP contribution >= 0.6 is 0 Å². The summed E-state index contributed by atoms with van der Waals surface area (Å²) in [5.41, 5.74) is 4.24. The highest BCUT2D eigenvalue weighted by atomic mass is 16.2. The van der Waals surface area contributed by atoms with Gasteiger partial charge in [0.25, 0.3) is 0 Å². The van der Waals surface area contributed by atoms with Gasteiger partial charge in [-0.05, 0) is 73.3 Å². The van der Waals surface area contributed by atoms with Gasteiger partial charge in [0.05, 0.1) is 0 Å². The van der Waals surface area contributed by atoms with Crippen LogP contribution in [0.2, 0.25) is 0 Å². The Morgan fingerprint density at radius 1 is 1.00 bits per heavy atom. The van der Waals surface area contributed by atoms with Gasteiger partial charge in [-0.2, -0.15) is 0 Å². The molecule has 0 unspecified atom stereocenters. The number of benzene rings is 1. The van der Waals surface area contributed by atoms with E-state index in [1.807, 2.05) is 32.9 Å². The standard InChI is InChI=1S/C22H25NO2.CH4/c1-4-5-16-6-14(2)19(15(3)7-16)20-17(24)8-21(9-18(20)25)10-22(11-21)12-23-13-22;/h6-7,20,23H,8-13H2,1-3H3;1H4. The van der Waals surface area contributed by atoms with Crippen LogP contribution in [0.4, 0.5) is 0 Å². The summed E-state index contributed by atoms with van der Waals surface area (Å²) in [5, 5.41) is 3.33. The summed E-state index contributed by atoms with van der Waals surface area (Å²) in [4.78, 5) is 26.0. The molecule has 3 aliphatic rings. The minimum atomic E-state index is -0.565. The molecule has 3 heteroatoms. The Balaban J connectivity index is 0.00000196. The topological polar surface area (TPSA) is 46.2 Å². The van der Waals surface area contributed by atoms with Crippen molar-refractivity contribution in [3.05, 3.63) is 34.4 Å². The van der Waals surface area contributed by atoms with Crippen molar-refractivity contribution in [3.63, 3.8) is 0 Å². The lowest BCUT2D eigenvalue weighted by Crippen LogP contribution is -2.65. The molecule has 1 N–H and O–H groups in total. The highest BCUT2D eigenvalue weighted by Crippen LogP contribution is 2.62. The molecule has 2 spiro atoms. The van der Waals surface area contributed by atoms with E-state index in [9.17, 15) is 9.59 Å². The second-order valence-electron chi connectivity index (χ2n) is 8.58. The van der Waals surface area contributed by atoms with Crippen molar-refractivity contribution in [1.29, 1.82) is 0 Å². The zero-order valence-electron chi connectivity index (χ0n) is 15.3. The van der Waals surface area contributed by atoms with E-state index >= 15 is 0 Å². The first kappa shape index (κ1) is 18.9. The Bertz CT molecular complexity index is 784. The monoisotopic (exact) mass is 351 g/mol. The normalized spacial score (nSPS) is 22.9. The number of rotatable bonds is 1. The smallest absolute Gasteiger partial charge is 0.148 e. The molecule has 4 rings (SSSR count). The Hall–Kier alpha value is -1.92. The molecular formula is C23H29NO2. The molecule has 3 nitrogen and oxygen atoms in total. The lowest BCUT2D eigenvalue weighted by atomic mass is 9.45. The molecule has 0 atom stereocenters. The number of ketones is 2. The van der Waals surface area contributed by atoms with Gasteiger partial charge in [0.15, 0.2) is 0 Å². The molecule has 0 amide bonds. The number of hydrogen-bond acceptors (Lipinski definition) is 3. The third-order valence-electron chi connectivity index (χ3n) is 6.39. The highest BCUT2D eigenvalue weighted by molar-refractivity contribution is 6.10. The zero-order valence-corrected chi connectivity index (χ0v) is 15.3. The first-order chi connectivity index (χ1) is 11.9. The largest absolute Gasteiger partial charge is 0.316 e. The average molecular weight is 351 g/mol. The molecule has 1 aromatic rings. The predicted octanol–water partition coefficient (Wildman–Crippen LogP) is 3.70. The molecule has 1 aliphatic heterocycles. The van der Waals surface area contributed by atoms with E-state index in [1.54, 1.807) is 0 Å². The fourth-order valence-corrected chi connectivity index (χ4v) is 5.67. The Labute approximate surface area is 156 Å². The maximum Gasteiger partial charge on any atom is 0.148 e. The summed E-state index contributed by atoms with van der Waals surface area (Å²) in [6.45, 7) is 7.91. The maximum atomic E-state index is 13.0. The third kappa shape index (κ3) is 2.81. The molecular weight excluding hydrogens is 322 g/mol. The van der Waals surface area contributed by atoms with Crippen LogP contribution in [0.15, 0.2) is 12.1 Å². The summed E-state index contributed by atoms with van der Waals surface area (Å²) in [5.74, 6) is 5.66. The molecule has 1 heterocycles. The van der Waals surface area contributed by atoms with Crippen molar-refractivity contribution in [3.8, 4) is 11.8 Å². The first-order valence-corrected chi connectivity index (χ1v) is 9.17. The lowest BCUT2D eigenvalue weighted by Gasteiger charge is -2.62. The van der Waals surface area contributed by atoms with E-state index in [4.69, 9.17) is 0 Å². The van der Waals surface area contributed by atoms with Gasteiger partial charge in [-0.1, -0.05) is 13.3 Å². The summed E-state index contributed by atoms with van der Waals surface area (Å²) in [6.07, 6.45) is 3.22. The summed E-state index contributed by atoms with van der Waals surface area (Å²) < 4.78 is 0. The highest BCUT2D eigenvalue weighted by Gasteiger charge is 2.60. The quantitative estimate of drug-likeness (QED) is 0.620. The Kier molecular flexibility index (Phi) is 4.61. The minimum Gasteiger partial charge on any atom is -0.316 e. The zero-order chi connectivity index (χ0) is 17.8. The van der Waals surface area contributed by atoms with Crippen LogP contribution in [0.25, 0.3) is 0 Å². The summed E-state index contributed by atoms with van der Waals surface area (Å²) in [6, 6.07) is 4.00. The van der Waals surface area contributed by atoms with Crippen molar-refractivity contribution in [2.75, 3.05) is 13.1 Å². The lowest BCUT2D eigenvalue weighted by molar-refractivity contribution is -0.151. The van der Waals surface area contributed by atoms with Crippen LogP contribution in [0.3, 0.4) is 0 Å². The molecule has 0 bridgehead atoms. The van der Waals surface area contributed by atoms with Crippen molar-refractivity contribution in [2.45, 2.75) is 59.8 Å². The van der Waals surface area contributed by atoms with Gasteiger partial charge < -0.3 is 5.32 Å². The van der Waals surface area contributed by atoms with Gasteiger partial charge >= 0.3 is 0 Å². The van der Waals surface area contributed by atoms with Gasteiger partial charge in [-0.3, -0.25) is 9.59 Å². The fraction of sp³-hybridized carbons (Fsp3) is 0.565. The summed E-state index contributed by atoms with van der Waals surface area (Å²) in [7, 11) is 0. The van der Waals surface area contributed by atoms with Crippen LogP contribution in [0.5, 0.6) is 0 Å². The van der Waals surface area contributed by atoms with Crippen LogP contribution in [-0.4, -0.2) is 24.7 Å². The minimum absolute atomic E-state index is 0. The Morgan fingerprint density at radius 2 is 1.54 bits per heavy atom. The predicted molar refractivity (Wildman–Crippen MR) is 104 cm³/mol. The molecule has 3 fully saturated rings. The average Bonchev–Trinajstić information content (AvgIpc) is 2.45. The SMILES string of the molecule is C.CC#Cc1cc(C)c(C2C(=O)CC3(CC2=O)CC2(CNC2)C3)c(C)c1. The number of Topliss-reactive ketones (excluding diaryl/α,β-unsaturated/α-hetero) is 2. The number of carbonyl (C=O) groups excluding carboxylic acids is 2. The van der Waals surface area contributed by atoms with Crippen LogP contribution < -0.4 is 5.32 Å². The van der Waals surface area contributed by atoms with Crippen LogP contribution in [0.1, 0.15) is 68.2 Å². The van der Waals surface area contributed by atoms with E-state index in [0.717, 1.165) is 48.2 Å². The summed E-state index contributed by atoms with van der Waals surface area (Å²) >= 11 is 0. The number of carbonyl (C=O) groups is 2. The molecule has 138 valence electrons. The third-order valence-corrected chi connectivity index (χ3v) is 6.39. The van der Waals surface area contributed by atoms with Crippen molar-refractivity contribution in [1.82, 2.24) is 5.32 Å². The van der Waals surface area contributed by atoms with Gasteiger partial charge in [-0.15, -0.1) is 5.92 Å². The molecule has 2 saturated carbocycles. The first-order valence-electron chi connectivity index (χ1n) is 9.17. The second-order valence-corrected chi connectivity index (χ2v) is 8.58. The van der Waals surface area contributed by atoms with E-state index in [0.29, 0.717) is 18.3 Å². The van der Waals surface area contributed by atoms with Crippen molar-refractivity contribution < 1.29 is 9.59 Å².